The van der Waals surface area contributed by atoms with Gasteiger partial charge in [-0.2, -0.15) is 13.2 Å². The maximum absolute atomic E-state index is 13.7. The van der Waals surface area contributed by atoms with Crippen LogP contribution in [0.25, 0.3) is 0 Å². The van der Waals surface area contributed by atoms with E-state index in [2.05, 4.69) is 22.3 Å². The van der Waals surface area contributed by atoms with Crippen molar-refractivity contribution in [3.05, 3.63) is 59.2 Å². The Hall–Kier alpha value is -2.21. The van der Waals surface area contributed by atoms with Crippen molar-refractivity contribution in [1.82, 2.24) is 5.32 Å². The molecule has 1 fully saturated rings. The van der Waals surface area contributed by atoms with Crippen molar-refractivity contribution in [3.63, 3.8) is 0 Å². The van der Waals surface area contributed by atoms with Gasteiger partial charge in [-0.1, -0.05) is 30.3 Å². The molecule has 2 aromatic carbocycles. The Labute approximate surface area is 176 Å². The van der Waals surface area contributed by atoms with Crippen LogP contribution in [-0.4, -0.2) is 32.9 Å². The lowest BCUT2D eigenvalue weighted by Gasteiger charge is -2.41. The zero-order valence-electron chi connectivity index (χ0n) is 17.5. The van der Waals surface area contributed by atoms with Crippen LogP contribution in [0.2, 0.25) is 0 Å². The Morgan fingerprint density at radius 2 is 1.83 bits per heavy atom. The third kappa shape index (κ3) is 4.02. The summed E-state index contributed by atoms with van der Waals surface area (Å²) in [4.78, 5) is 2.12. The highest BCUT2D eigenvalue weighted by atomic mass is 19.4. The molecule has 3 atom stereocenters. The second kappa shape index (κ2) is 8.50. The van der Waals surface area contributed by atoms with E-state index in [0.717, 1.165) is 30.6 Å². The molecule has 1 heterocycles. The number of methoxy groups -OCH3 is 1. The van der Waals surface area contributed by atoms with Crippen molar-refractivity contribution in [3.8, 4) is 5.75 Å². The van der Waals surface area contributed by atoms with Gasteiger partial charge in [0.1, 0.15) is 5.75 Å². The molecule has 1 aliphatic heterocycles. The number of halogens is 3. The highest BCUT2D eigenvalue weighted by Crippen LogP contribution is 2.47. The Kier molecular flexibility index (Phi) is 5.96. The number of hydrogen-bond donors (Lipinski definition) is 1. The molecule has 1 aliphatic carbocycles. The predicted octanol–water partition coefficient (Wildman–Crippen LogP) is 5.61. The summed E-state index contributed by atoms with van der Waals surface area (Å²) in [5, 5.41) is 3.61. The first-order chi connectivity index (χ1) is 14.4. The molecule has 3 nitrogen and oxygen atoms in total. The van der Waals surface area contributed by atoms with Crippen LogP contribution in [0.3, 0.4) is 0 Å². The van der Waals surface area contributed by atoms with E-state index in [1.165, 1.54) is 5.56 Å². The maximum atomic E-state index is 13.7. The average molecular weight is 419 g/mol. The molecule has 1 unspecified atom stereocenters. The lowest BCUT2D eigenvalue weighted by atomic mass is 9.81. The van der Waals surface area contributed by atoms with Gasteiger partial charge in [0.25, 0.3) is 0 Å². The van der Waals surface area contributed by atoms with E-state index in [9.17, 15) is 13.2 Å². The zero-order valence-corrected chi connectivity index (χ0v) is 17.5. The van der Waals surface area contributed by atoms with Crippen molar-refractivity contribution in [2.45, 2.75) is 56.3 Å². The molecule has 0 amide bonds. The largest absolute Gasteiger partial charge is 0.495 e. The number of rotatable bonds is 4. The van der Waals surface area contributed by atoms with Crippen LogP contribution in [0.15, 0.2) is 42.5 Å². The van der Waals surface area contributed by atoms with Gasteiger partial charge in [0.05, 0.1) is 24.8 Å². The molecule has 0 spiro atoms. The number of ether oxygens (including phenoxy) is 1. The molecule has 2 aliphatic rings. The number of piperidine rings is 1. The minimum atomic E-state index is -4.22. The Morgan fingerprint density at radius 3 is 2.53 bits per heavy atom. The third-order valence-electron chi connectivity index (χ3n) is 6.61. The highest BCUT2D eigenvalue weighted by Gasteiger charge is 2.43. The van der Waals surface area contributed by atoms with E-state index in [1.807, 2.05) is 31.3 Å². The molecule has 0 aromatic heterocycles. The SMILES string of the molecule is COc1cc2c(cc1N(C)[C@H]1CCCN[C@H]1c1ccccc1)C(C(F)(F)F)CCC2. The summed E-state index contributed by atoms with van der Waals surface area (Å²) in [6.45, 7) is 0.932. The molecular weight excluding hydrogens is 389 g/mol. The number of anilines is 1. The summed E-state index contributed by atoms with van der Waals surface area (Å²) in [6, 6.07) is 14.1. The standard InChI is InChI=1S/C24H29F3N2O/c1-29(20-12-7-13-28-23(20)16-8-4-3-5-9-16)21-15-18-17(14-22(21)30-2)10-6-11-19(18)24(25,26)27/h3-5,8-9,14-15,19-20,23,28H,6-7,10-13H2,1-2H3/t19?,20-,23-/m0/s1. The number of alkyl halides is 3. The second-order valence-corrected chi connectivity index (χ2v) is 8.37. The number of nitrogens with zero attached hydrogens (tertiary/aromatic N) is 1. The van der Waals surface area contributed by atoms with Gasteiger partial charge in [-0.3, -0.25) is 0 Å². The molecule has 1 saturated heterocycles. The summed E-state index contributed by atoms with van der Waals surface area (Å²) in [5.74, 6) is -0.745. The monoisotopic (exact) mass is 418 g/mol. The quantitative estimate of drug-likeness (QED) is 0.699. The van der Waals surface area contributed by atoms with E-state index in [-0.39, 0.29) is 18.5 Å². The van der Waals surface area contributed by atoms with Gasteiger partial charge in [0, 0.05) is 13.1 Å². The van der Waals surface area contributed by atoms with E-state index in [0.29, 0.717) is 24.2 Å². The zero-order chi connectivity index (χ0) is 21.3. The number of nitrogens with one attached hydrogen (secondary N) is 1. The summed E-state index contributed by atoms with van der Waals surface area (Å²) < 4.78 is 46.8. The van der Waals surface area contributed by atoms with Crippen molar-refractivity contribution < 1.29 is 17.9 Å². The minimum Gasteiger partial charge on any atom is -0.495 e. The summed E-state index contributed by atoms with van der Waals surface area (Å²) in [7, 11) is 3.57. The lowest BCUT2D eigenvalue weighted by molar-refractivity contribution is -0.153. The lowest BCUT2D eigenvalue weighted by Crippen LogP contribution is -2.47. The van der Waals surface area contributed by atoms with Gasteiger partial charge in [0.15, 0.2) is 0 Å². The van der Waals surface area contributed by atoms with Crippen LogP contribution in [0, 0.1) is 0 Å². The maximum Gasteiger partial charge on any atom is 0.395 e. The normalized spacial score (nSPS) is 24.2. The molecule has 0 radical (unpaired) electrons. The number of aryl methyl sites for hydroxylation is 1. The van der Waals surface area contributed by atoms with Crippen LogP contribution in [0.4, 0.5) is 18.9 Å². The van der Waals surface area contributed by atoms with Gasteiger partial charge >= 0.3 is 6.18 Å². The first-order valence-corrected chi connectivity index (χ1v) is 10.7. The second-order valence-electron chi connectivity index (χ2n) is 8.37. The highest BCUT2D eigenvalue weighted by molar-refractivity contribution is 5.64. The number of fused-ring (bicyclic) bond motifs is 1. The summed E-state index contributed by atoms with van der Waals surface area (Å²) >= 11 is 0. The Balaban J connectivity index is 1.73. The van der Waals surface area contributed by atoms with Crippen molar-refractivity contribution in [1.29, 1.82) is 0 Å². The van der Waals surface area contributed by atoms with E-state index < -0.39 is 12.1 Å². The van der Waals surface area contributed by atoms with Gasteiger partial charge in [0.2, 0.25) is 0 Å². The van der Waals surface area contributed by atoms with Crippen molar-refractivity contribution in [2.24, 2.45) is 0 Å². The molecular formula is C24H29F3N2O. The van der Waals surface area contributed by atoms with Crippen molar-refractivity contribution in [2.75, 3.05) is 25.6 Å². The fourth-order valence-corrected chi connectivity index (χ4v) is 5.07. The first kappa shape index (κ1) is 21.0. The minimum absolute atomic E-state index is 0.115. The summed E-state index contributed by atoms with van der Waals surface area (Å²) in [5.41, 5.74) is 3.11. The number of likely N-dealkylation sites (N-methyl/N-ethyl adjacent to an activating group) is 1. The molecule has 2 aromatic rings. The topological polar surface area (TPSA) is 24.5 Å². The van der Waals surface area contributed by atoms with Gasteiger partial charge in [-0.15, -0.1) is 0 Å². The molecule has 162 valence electrons. The predicted molar refractivity (Wildman–Crippen MR) is 113 cm³/mol. The Morgan fingerprint density at radius 1 is 1.07 bits per heavy atom. The van der Waals surface area contributed by atoms with Crippen LogP contribution in [0.5, 0.6) is 5.75 Å². The van der Waals surface area contributed by atoms with Crippen molar-refractivity contribution >= 4 is 5.69 Å². The van der Waals surface area contributed by atoms with Crippen LogP contribution in [0.1, 0.15) is 54.3 Å². The molecule has 30 heavy (non-hydrogen) atoms. The molecule has 0 bridgehead atoms. The van der Waals surface area contributed by atoms with Gasteiger partial charge in [-0.05, 0) is 67.5 Å². The van der Waals surface area contributed by atoms with E-state index in [1.54, 1.807) is 13.2 Å². The van der Waals surface area contributed by atoms with Crippen LogP contribution < -0.4 is 15.0 Å². The van der Waals surface area contributed by atoms with Crippen LogP contribution in [-0.2, 0) is 6.42 Å². The smallest absolute Gasteiger partial charge is 0.395 e. The molecule has 1 N–H and O–H groups in total. The Bertz CT molecular complexity index is 869. The fourth-order valence-electron chi connectivity index (χ4n) is 5.07. The average Bonchev–Trinajstić information content (AvgIpc) is 2.77. The molecule has 4 rings (SSSR count). The van der Waals surface area contributed by atoms with E-state index >= 15 is 0 Å². The summed E-state index contributed by atoms with van der Waals surface area (Å²) in [6.07, 6.45) is -0.858. The van der Waals surface area contributed by atoms with Gasteiger partial charge < -0.3 is 15.0 Å². The number of benzene rings is 2. The fraction of sp³-hybridized carbons (Fsp3) is 0.500. The van der Waals surface area contributed by atoms with Crippen LogP contribution >= 0.6 is 0 Å². The first-order valence-electron chi connectivity index (χ1n) is 10.7. The third-order valence-corrected chi connectivity index (χ3v) is 6.61. The molecule has 6 heteroatoms. The number of hydrogen-bond acceptors (Lipinski definition) is 3. The molecule has 0 saturated carbocycles. The van der Waals surface area contributed by atoms with Gasteiger partial charge in [-0.25, -0.2) is 0 Å². The van der Waals surface area contributed by atoms with E-state index in [4.69, 9.17) is 4.74 Å².